The van der Waals surface area contributed by atoms with Crippen LogP contribution in [0.3, 0.4) is 0 Å². The Bertz CT molecular complexity index is 379. The van der Waals surface area contributed by atoms with Crippen molar-refractivity contribution in [2.24, 2.45) is 5.92 Å². The van der Waals surface area contributed by atoms with E-state index in [0.717, 1.165) is 38.2 Å². The Hall–Kier alpha value is -1.33. The van der Waals surface area contributed by atoms with Gasteiger partial charge in [0.1, 0.15) is 5.69 Å². The lowest BCUT2D eigenvalue weighted by molar-refractivity contribution is 0.0740. The molecule has 2 heteroatoms. The van der Waals surface area contributed by atoms with Crippen LogP contribution < -0.4 is 0 Å². The van der Waals surface area contributed by atoms with E-state index in [4.69, 9.17) is 4.74 Å². The molecule has 1 aliphatic rings. The molecule has 0 saturated carbocycles. The van der Waals surface area contributed by atoms with Gasteiger partial charge in [0.25, 0.3) is 0 Å². The Balaban J connectivity index is 1.99. The number of aryl methyl sites for hydroxylation is 1. The van der Waals surface area contributed by atoms with Crippen molar-refractivity contribution in [3.63, 3.8) is 0 Å². The average Bonchev–Trinajstić information content (AvgIpc) is 2.38. The second-order valence-electron chi connectivity index (χ2n) is 4.09. The van der Waals surface area contributed by atoms with E-state index in [0.29, 0.717) is 5.92 Å². The van der Waals surface area contributed by atoms with Crippen LogP contribution >= 0.6 is 0 Å². The highest BCUT2D eigenvalue weighted by Crippen LogP contribution is 2.12. The number of pyridine rings is 1. The highest BCUT2D eigenvalue weighted by atomic mass is 16.5. The third-order valence-corrected chi connectivity index (χ3v) is 2.80. The minimum Gasteiger partial charge on any atom is -0.380 e. The minimum atomic E-state index is 0.390. The number of ether oxygens (including phenoxy) is 1. The van der Waals surface area contributed by atoms with E-state index in [1.54, 1.807) is 0 Å². The molecule has 0 spiro atoms. The predicted molar refractivity (Wildman–Crippen MR) is 64.0 cm³/mol. The molecule has 1 aromatic heterocycles. The van der Waals surface area contributed by atoms with Crippen LogP contribution in [0.15, 0.2) is 18.3 Å². The molecule has 16 heavy (non-hydrogen) atoms. The monoisotopic (exact) mass is 215 g/mol. The predicted octanol–water partition coefficient (Wildman–Crippen LogP) is 2.42. The summed E-state index contributed by atoms with van der Waals surface area (Å²) < 4.78 is 5.38. The fourth-order valence-electron chi connectivity index (χ4n) is 1.74. The highest BCUT2D eigenvalue weighted by molar-refractivity contribution is 5.29. The van der Waals surface area contributed by atoms with E-state index < -0.39 is 0 Å². The Kier molecular flexibility index (Phi) is 3.96. The minimum absolute atomic E-state index is 0.390. The molecule has 0 amide bonds. The zero-order valence-electron chi connectivity index (χ0n) is 9.70. The second-order valence-corrected chi connectivity index (χ2v) is 4.09. The van der Waals surface area contributed by atoms with Gasteiger partial charge in [0.05, 0.1) is 6.61 Å². The molecule has 2 rings (SSSR count). The molecule has 1 aliphatic heterocycles. The quantitative estimate of drug-likeness (QED) is 0.671. The summed E-state index contributed by atoms with van der Waals surface area (Å²) in [5.74, 6) is 6.75. The van der Waals surface area contributed by atoms with Crippen molar-refractivity contribution in [1.29, 1.82) is 0 Å². The van der Waals surface area contributed by atoms with E-state index in [9.17, 15) is 0 Å². The standard InChI is InChI=1S/C14H17NO/c1-2-12-5-7-14(15-10-12)8-6-13-4-3-9-16-11-13/h5,7,10,13H,2-4,9,11H2,1H3. The molecule has 1 aromatic rings. The number of hydrogen-bond donors (Lipinski definition) is 0. The van der Waals surface area contributed by atoms with Gasteiger partial charge >= 0.3 is 0 Å². The van der Waals surface area contributed by atoms with Crippen LogP contribution in [0.2, 0.25) is 0 Å². The molecule has 0 aliphatic carbocycles. The van der Waals surface area contributed by atoms with Gasteiger partial charge in [-0.3, -0.25) is 0 Å². The molecular formula is C14H17NO. The summed E-state index contributed by atoms with van der Waals surface area (Å²) in [6.07, 6.45) is 5.21. The molecule has 1 atom stereocenters. The first kappa shape index (κ1) is 11.2. The summed E-state index contributed by atoms with van der Waals surface area (Å²) in [5, 5.41) is 0. The lowest BCUT2D eigenvalue weighted by atomic mass is 10.0. The van der Waals surface area contributed by atoms with E-state index in [2.05, 4.69) is 29.8 Å². The molecule has 2 heterocycles. The van der Waals surface area contributed by atoms with Crippen LogP contribution in [0.1, 0.15) is 31.0 Å². The maximum Gasteiger partial charge on any atom is 0.113 e. The SMILES string of the molecule is CCc1ccc(C#CC2CCCOC2)nc1. The Morgan fingerprint density at radius 3 is 3.06 bits per heavy atom. The Morgan fingerprint density at radius 1 is 1.50 bits per heavy atom. The fraction of sp³-hybridized carbons (Fsp3) is 0.500. The maximum atomic E-state index is 5.38. The van der Waals surface area contributed by atoms with Gasteiger partial charge in [-0.25, -0.2) is 4.98 Å². The zero-order chi connectivity index (χ0) is 11.2. The first-order valence-corrected chi connectivity index (χ1v) is 5.92. The van der Waals surface area contributed by atoms with Crippen molar-refractivity contribution in [1.82, 2.24) is 4.98 Å². The molecule has 1 fully saturated rings. The lowest BCUT2D eigenvalue weighted by Crippen LogP contribution is -2.15. The normalized spacial score (nSPS) is 19.9. The molecule has 1 unspecified atom stereocenters. The third-order valence-electron chi connectivity index (χ3n) is 2.80. The molecule has 0 bridgehead atoms. The van der Waals surface area contributed by atoms with Crippen LogP contribution in [-0.2, 0) is 11.2 Å². The van der Waals surface area contributed by atoms with E-state index in [1.807, 2.05) is 12.3 Å². The summed E-state index contributed by atoms with van der Waals surface area (Å²) >= 11 is 0. The van der Waals surface area contributed by atoms with Crippen molar-refractivity contribution in [2.45, 2.75) is 26.2 Å². The van der Waals surface area contributed by atoms with Crippen molar-refractivity contribution >= 4 is 0 Å². The van der Waals surface area contributed by atoms with Gasteiger partial charge < -0.3 is 4.74 Å². The van der Waals surface area contributed by atoms with Gasteiger partial charge in [-0.1, -0.05) is 18.9 Å². The van der Waals surface area contributed by atoms with Gasteiger partial charge in [-0.2, -0.15) is 0 Å². The summed E-state index contributed by atoms with van der Waals surface area (Å²) in [6, 6.07) is 4.09. The highest BCUT2D eigenvalue weighted by Gasteiger charge is 2.10. The number of hydrogen-bond acceptors (Lipinski definition) is 2. The van der Waals surface area contributed by atoms with Gasteiger partial charge in [0.15, 0.2) is 0 Å². The average molecular weight is 215 g/mol. The molecule has 84 valence electrons. The zero-order valence-corrected chi connectivity index (χ0v) is 9.70. The van der Waals surface area contributed by atoms with Crippen molar-refractivity contribution in [3.05, 3.63) is 29.6 Å². The Morgan fingerprint density at radius 2 is 2.44 bits per heavy atom. The molecule has 0 N–H and O–H groups in total. The third kappa shape index (κ3) is 3.08. The number of aromatic nitrogens is 1. The molecule has 2 nitrogen and oxygen atoms in total. The fourth-order valence-corrected chi connectivity index (χ4v) is 1.74. The molecule has 1 saturated heterocycles. The Labute approximate surface area is 97.0 Å². The van der Waals surface area contributed by atoms with Crippen molar-refractivity contribution in [3.8, 4) is 11.8 Å². The first-order valence-electron chi connectivity index (χ1n) is 5.92. The molecule has 0 aromatic carbocycles. The number of rotatable bonds is 1. The summed E-state index contributed by atoms with van der Waals surface area (Å²) in [7, 11) is 0. The van der Waals surface area contributed by atoms with Crippen molar-refractivity contribution in [2.75, 3.05) is 13.2 Å². The van der Waals surface area contributed by atoms with Crippen LogP contribution in [0.5, 0.6) is 0 Å². The lowest BCUT2D eigenvalue weighted by Gasteiger charge is -2.16. The van der Waals surface area contributed by atoms with Gasteiger partial charge in [0.2, 0.25) is 0 Å². The molecular weight excluding hydrogens is 198 g/mol. The van der Waals surface area contributed by atoms with Crippen LogP contribution in [0.25, 0.3) is 0 Å². The second kappa shape index (κ2) is 5.67. The molecule has 0 radical (unpaired) electrons. The van der Waals surface area contributed by atoms with E-state index in [1.165, 1.54) is 5.56 Å². The largest absolute Gasteiger partial charge is 0.380 e. The summed E-state index contributed by atoms with van der Waals surface area (Å²) in [4.78, 5) is 4.32. The van der Waals surface area contributed by atoms with E-state index >= 15 is 0 Å². The smallest absolute Gasteiger partial charge is 0.113 e. The van der Waals surface area contributed by atoms with Crippen LogP contribution in [0, 0.1) is 17.8 Å². The number of nitrogens with zero attached hydrogens (tertiary/aromatic N) is 1. The van der Waals surface area contributed by atoms with Crippen LogP contribution in [-0.4, -0.2) is 18.2 Å². The maximum absolute atomic E-state index is 5.38. The summed E-state index contributed by atoms with van der Waals surface area (Å²) in [6.45, 7) is 3.80. The van der Waals surface area contributed by atoms with Gasteiger partial charge in [-0.15, -0.1) is 0 Å². The van der Waals surface area contributed by atoms with E-state index in [-0.39, 0.29) is 0 Å². The van der Waals surface area contributed by atoms with Gasteiger partial charge in [0, 0.05) is 18.7 Å². The summed E-state index contributed by atoms with van der Waals surface area (Å²) in [5.41, 5.74) is 2.12. The van der Waals surface area contributed by atoms with Crippen LogP contribution in [0.4, 0.5) is 0 Å². The first-order chi connectivity index (χ1) is 7.88. The van der Waals surface area contributed by atoms with Gasteiger partial charge in [-0.05, 0) is 36.8 Å². The topological polar surface area (TPSA) is 22.1 Å². The van der Waals surface area contributed by atoms with Crippen molar-refractivity contribution < 1.29 is 4.74 Å².